The Balaban J connectivity index is 2.47. The highest BCUT2D eigenvalue weighted by atomic mass is 16.4. The molecule has 0 amide bonds. The normalized spacial score (nSPS) is 12.7. The van der Waals surface area contributed by atoms with Gasteiger partial charge in [-0.3, -0.25) is 4.79 Å². The van der Waals surface area contributed by atoms with Crippen LogP contribution < -0.4 is 5.32 Å². The number of aliphatic carboxylic acids is 1. The zero-order valence-corrected chi connectivity index (χ0v) is 9.81. The van der Waals surface area contributed by atoms with E-state index in [1.165, 1.54) is 5.56 Å². The molecule has 1 unspecified atom stereocenters. The zero-order chi connectivity index (χ0) is 12.0. The summed E-state index contributed by atoms with van der Waals surface area (Å²) in [7, 11) is 0. The number of hydrogen-bond donors (Lipinski definition) is 2. The van der Waals surface area contributed by atoms with Gasteiger partial charge in [0.1, 0.15) is 6.04 Å². The topological polar surface area (TPSA) is 49.3 Å². The number of benzene rings is 1. The predicted molar refractivity (Wildman–Crippen MR) is 64.5 cm³/mol. The van der Waals surface area contributed by atoms with Gasteiger partial charge in [-0.05, 0) is 18.4 Å². The molecule has 1 aromatic carbocycles. The Morgan fingerprint density at radius 1 is 1.31 bits per heavy atom. The summed E-state index contributed by atoms with van der Waals surface area (Å²) >= 11 is 0. The van der Waals surface area contributed by atoms with Crippen molar-refractivity contribution >= 4 is 5.97 Å². The highest BCUT2D eigenvalue weighted by Gasteiger charge is 2.17. The van der Waals surface area contributed by atoms with Gasteiger partial charge < -0.3 is 10.4 Å². The molecule has 0 fully saturated rings. The minimum atomic E-state index is -0.773. The van der Waals surface area contributed by atoms with Crippen molar-refractivity contribution < 1.29 is 9.90 Å². The van der Waals surface area contributed by atoms with Gasteiger partial charge in [0.05, 0.1) is 0 Å². The van der Waals surface area contributed by atoms with E-state index in [9.17, 15) is 4.79 Å². The lowest BCUT2D eigenvalue weighted by atomic mass is 10.0. The molecule has 0 aromatic heterocycles. The molecule has 1 rings (SSSR count). The lowest BCUT2D eigenvalue weighted by Gasteiger charge is -2.17. The maximum atomic E-state index is 11.0. The van der Waals surface area contributed by atoms with E-state index in [0.29, 0.717) is 6.42 Å². The summed E-state index contributed by atoms with van der Waals surface area (Å²) in [6, 6.07) is 9.69. The Morgan fingerprint density at radius 3 is 2.44 bits per heavy atom. The molecule has 2 N–H and O–H groups in total. The number of carboxylic acids is 1. The van der Waals surface area contributed by atoms with Crippen LogP contribution in [0.5, 0.6) is 0 Å². The number of nitrogens with one attached hydrogen (secondary N) is 1. The van der Waals surface area contributed by atoms with Crippen LogP contribution in [0.25, 0.3) is 0 Å². The van der Waals surface area contributed by atoms with Crippen LogP contribution in [0.2, 0.25) is 0 Å². The maximum Gasteiger partial charge on any atom is 0.320 e. The third-order valence-electron chi connectivity index (χ3n) is 2.40. The van der Waals surface area contributed by atoms with Crippen molar-refractivity contribution in [3.8, 4) is 0 Å². The second-order valence-electron chi connectivity index (χ2n) is 4.24. The quantitative estimate of drug-likeness (QED) is 0.773. The van der Waals surface area contributed by atoms with Crippen LogP contribution in [-0.2, 0) is 11.2 Å². The van der Waals surface area contributed by atoms with Crippen LogP contribution in [0.4, 0.5) is 0 Å². The number of carboxylic acid groups (broad SMARTS) is 1. The van der Waals surface area contributed by atoms with Gasteiger partial charge in [-0.1, -0.05) is 44.2 Å². The maximum absolute atomic E-state index is 11.0. The van der Waals surface area contributed by atoms with E-state index >= 15 is 0 Å². The molecule has 0 bridgehead atoms. The van der Waals surface area contributed by atoms with Crippen molar-refractivity contribution in [1.29, 1.82) is 0 Å². The average molecular weight is 221 g/mol. The Bertz CT molecular complexity index is 322. The first kappa shape index (κ1) is 12.7. The smallest absolute Gasteiger partial charge is 0.320 e. The summed E-state index contributed by atoms with van der Waals surface area (Å²) in [5, 5.41) is 12.1. The van der Waals surface area contributed by atoms with Gasteiger partial charge in [0.15, 0.2) is 0 Å². The lowest BCUT2D eigenvalue weighted by molar-refractivity contribution is -0.139. The van der Waals surface area contributed by atoms with Crippen LogP contribution in [0.15, 0.2) is 30.3 Å². The van der Waals surface area contributed by atoms with Crippen LogP contribution in [0, 0.1) is 0 Å². The van der Waals surface area contributed by atoms with Crippen LogP contribution >= 0.6 is 0 Å². The van der Waals surface area contributed by atoms with Gasteiger partial charge in [0, 0.05) is 6.04 Å². The second kappa shape index (κ2) is 6.28. The molecule has 3 heteroatoms. The summed E-state index contributed by atoms with van der Waals surface area (Å²) in [6.45, 7) is 3.91. The molecule has 16 heavy (non-hydrogen) atoms. The Labute approximate surface area is 96.5 Å². The van der Waals surface area contributed by atoms with Crippen molar-refractivity contribution in [2.45, 2.75) is 38.8 Å². The highest BCUT2D eigenvalue weighted by molar-refractivity contribution is 5.73. The molecule has 0 aliphatic carbocycles. The fraction of sp³-hybridized carbons (Fsp3) is 0.462. The highest BCUT2D eigenvalue weighted by Crippen LogP contribution is 2.05. The number of aryl methyl sites for hydroxylation is 1. The first-order valence-corrected chi connectivity index (χ1v) is 5.62. The summed E-state index contributed by atoms with van der Waals surface area (Å²) in [4.78, 5) is 11.0. The second-order valence-corrected chi connectivity index (χ2v) is 4.24. The fourth-order valence-corrected chi connectivity index (χ4v) is 1.64. The van der Waals surface area contributed by atoms with E-state index < -0.39 is 12.0 Å². The Morgan fingerprint density at radius 2 is 1.94 bits per heavy atom. The third-order valence-corrected chi connectivity index (χ3v) is 2.40. The van der Waals surface area contributed by atoms with Gasteiger partial charge in [-0.2, -0.15) is 0 Å². The number of carbonyl (C=O) groups is 1. The van der Waals surface area contributed by atoms with Crippen molar-refractivity contribution in [3.05, 3.63) is 35.9 Å². The first-order valence-electron chi connectivity index (χ1n) is 5.62. The molecule has 0 heterocycles. The van der Waals surface area contributed by atoms with Crippen molar-refractivity contribution in [1.82, 2.24) is 5.32 Å². The standard InChI is InChI=1S/C13H19NO2/c1-10(2)14-12(13(15)16)9-8-11-6-4-3-5-7-11/h3-7,10,12,14H,8-9H2,1-2H3,(H,15,16). The molecular formula is C13H19NO2. The molecule has 1 atom stereocenters. The van der Waals surface area contributed by atoms with Gasteiger partial charge >= 0.3 is 5.97 Å². The molecule has 0 aliphatic rings. The lowest BCUT2D eigenvalue weighted by Crippen LogP contribution is -2.41. The van der Waals surface area contributed by atoms with Crippen LogP contribution in [0.1, 0.15) is 25.8 Å². The largest absolute Gasteiger partial charge is 0.480 e. The molecule has 0 saturated heterocycles. The molecule has 0 spiro atoms. The minimum absolute atomic E-state index is 0.192. The summed E-state index contributed by atoms with van der Waals surface area (Å²) in [6.07, 6.45) is 1.41. The molecule has 0 saturated carbocycles. The van der Waals surface area contributed by atoms with E-state index in [2.05, 4.69) is 5.32 Å². The van der Waals surface area contributed by atoms with E-state index in [1.807, 2.05) is 44.2 Å². The Hall–Kier alpha value is -1.35. The molecular weight excluding hydrogens is 202 g/mol. The van der Waals surface area contributed by atoms with Crippen molar-refractivity contribution in [2.24, 2.45) is 0 Å². The average Bonchev–Trinajstić information content (AvgIpc) is 2.25. The number of hydrogen-bond acceptors (Lipinski definition) is 2. The summed E-state index contributed by atoms with van der Waals surface area (Å²) < 4.78 is 0. The van der Waals surface area contributed by atoms with Gasteiger partial charge in [-0.25, -0.2) is 0 Å². The summed E-state index contributed by atoms with van der Waals surface area (Å²) in [5.41, 5.74) is 1.18. The monoisotopic (exact) mass is 221 g/mol. The number of rotatable bonds is 6. The van der Waals surface area contributed by atoms with E-state index in [0.717, 1.165) is 6.42 Å². The molecule has 3 nitrogen and oxygen atoms in total. The predicted octanol–water partition coefficient (Wildman–Crippen LogP) is 2.07. The fourth-order valence-electron chi connectivity index (χ4n) is 1.64. The Kier molecular flexibility index (Phi) is 4.99. The summed E-state index contributed by atoms with van der Waals surface area (Å²) in [5.74, 6) is -0.773. The molecule has 0 aliphatic heterocycles. The first-order chi connectivity index (χ1) is 7.59. The third kappa shape index (κ3) is 4.45. The van der Waals surface area contributed by atoms with Crippen molar-refractivity contribution in [2.75, 3.05) is 0 Å². The van der Waals surface area contributed by atoms with Gasteiger partial charge in [-0.15, -0.1) is 0 Å². The SMILES string of the molecule is CC(C)NC(CCc1ccccc1)C(=O)O. The van der Waals surface area contributed by atoms with Gasteiger partial charge in [0.2, 0.25) is 0 Å². The van der Waals surface area contributed by atoms with Crippen molar-refractivity contribution in [3.63, 3.8) is 0 Å². The van der Waals surface area contributed by atoms with E-state index in [-0.39, 0.29) is 6.04 Å². The van der Waals surface area contributed by atoms with Crippen LogP contribution in [0.3, 0.4) is 0 Å². The minimum Gasteiger partial charge on any atom is -0.480 e. The zero-order valence-electron chi connectivity index (χ0n) is 9.81. The van der Waals surface area contributed by atoms with Crippen LogP contribution in [-0.4, -0.2) is 23.2 Å². The van der Waals surface area contributed by atoms with E-state index in [4.69, 9.17) is 5.11 Å². The molecule has 88 valence electrons. The van der Waals surface area contributed by atoms with Gasteiger partial charge in [0.25, 0.3) is 0 Å². The molecule has 0 radical (unpaired) electrons. The molecule has 1 aromatic rings. The van der Waals surface area contributed by atoms with E-state index in [1.54, 1.807) is 0 Å².